The molecule has 0 bridgehead atoms. The summed E-state index contributed by atoms with van der Waals surface area (Å²) in [6, 6.07) is 6.74. The number of likely N-dealkylation sites (tertiary alicyclic amines) is 1. The molecule has 0 radical (unpaired) electrons. The number of amides is 1. The van der Waals surface area contributed by atoms with Crippen molar-refractivity contribution in [3.63, 3.8) is 0 Å². The summed E-state index contributed by atoms with van der Waals surface area (Å²) >= 11 is 0. The van der Waals surface area contributed by atoms with Crippen LogP contribution >= 0.6 is 0 Å². The largest absolute Gasteiger partial charge is 0.480 e. The third-order valence-corrected chi connectivity index (χ3v) is 5.28. The number of para-hydroxylation sites is 1. The van der Waals surface area contributed by atoms with Gasteiger partial charge in [-0.05, 0) is 31.2 Å². The number of carboxylic acids is 1. The molecule has 1 aromatic heterocycles. The zero-order chi connectivity index (χ0) is 16.0. The van der Waals surface area contributed by atoms with Crippen molar-refractivity contribution in [2.45, 2.75) is 44.2 Å². The number of H-pyrrole nitrogens is 1. The Morgan fingerprint density at radius 1 is 1.22 bits per heavy atom. The summed E-state index contributed by atoms with van der Waals surface area (Å²) < 4.78 is 0. The van der Waals surface area contributed by atoms with E-state index in [4.69, 9.17) is 0 Å². The summed E-state index contributed by atoms with van der Waals surface area (Å²) in [5.74, 6) is -0.865. The number of aromatic amines is 1. The van der Waals surface area contributed by atoms with Crippen LogP contribution in [0, 0.1) is 5.92 Å². The van der Waals surface area contributed by atoms with Crippen molar-refractivity contribution in [3.8, 4) is 0 Å². The number of carbonyl (C=O) groups excluding carboxylic acids is 1. The minimum atomic E-state index is -0.910. The number of rotatable bonds is 2. The van der Waals surface area contributed by atoms with Crippen LogP contribution in [0.1, 0.15) is 42.6 Å². The summed E-state index contributed by atoms with van der Waals surface area (Å²) in [5, 5.41) is 17.3. The van der Waals surface area contributed by atoms with Gasteiger partial charge >= 0.3 is 5.97 Å². The molecule has 2 N–H and O–H groups in total. The van der Waals surface area contributed by atoms with Gasteiger partial charge in [-0.3, -0.25) is 9.89 Å². The predicted octanol–water partition coefficient (Wildman–Crippen LogP) is 2.42. The van der Waals surface area contributed by atoms with Gasteiger partial charge < -0.3 is 10.0 Å². The zero-order valence-electron chi connectivity index (χ0n) is 12.7. The van der Waals surface area contributed by atoms with Crippen LogP contribution in [-0.4, -0.2) is 44.2 Å². The van der Waals surface area contributed by atoms with Crippen molar-refractivity contribution >= 4 is 22.8 Å². The number of aliphatic carboxylic acids is 1. The first kappa shape index (κ1) is 14.2. The van der Waals surface area contributed by atoms with E-state index < -0.39 is 12.0 Å². The van der Waals surface area contributed by atoms with Crippen molar-refractivity contribution in [2.75, 3.05) is 0 Å². The summed E-state index contributed by atoms with van der Waals surface area (Å²) in [4.78, 5) is 26.3. The van der Waals surface area contributed by atoms with Gasteiger partial charge in [-0.15, -0.1) is 0 Å². The molecular formula is C17H19N3O3. The maximum Gasteiger partial charge on any atom is 0.326 e. The highest BCUT2D eigenvalue weighted by Crippen LogP contribution is 2.40. The van der Waals surface area contributed by atoms with Crippen molar-refractivity contribution in [1.29, 1.82) is 0 Å². The molecule has 1 amide bonds. The van der Waals surface area contributed by atoms with E-state index in [0.717, 1.165) is 36.6 Å². The quantitative estimate of drug-likeness (QED) is 0.891. The van der Waals surface area contributed by atoms with E-state index in [1.54, 1.807) is 4.90 Å². The number of nitrogens with one attached hydrogen (secondary N) is 1. The van der Waals surface area contributed by atoms with Gasteiger partial charge in [-0.2, -0.15) is 5.10 Å². The van der Waals surface area contributed by atoms with E-state index in [9.17, 15) is 14.7 Å². The van der Waals surface area contributed by atoms with Gasteiger partial charge in [0.1, 0.15) is 6.04 Å². The Bertz CT molecular complexity index is 769. The molecule has 6 nitrogen and oxygen atoms in total. The van der Waals surface area contributed by atoms with Gasteiger partial charge in [0, 0.05) is 11.4 Å². The van der Waals surface area contributed by atoms with Gasteiger partial charge in [0.15, 0.2) is 5.69 Å². The molecular weight excluding hydrogens is 294 g/mol. The maximum absolute atomic E-state index is 13.1. The highest BCUT2D eigenvalue weighted by molar-refractivity contribution is 6.06. The van der Waals surface area contributed by atoms with Crippen LogP contribution < -0.4 is 0 Å². The van der Waals surface area contributed by atoms with Gasteiger partial charge in [0.25, 0.3) is 5.91 Å². The first-order chi connectivity index (χ1) is 11.2. The van der Waals surface area contributed by atoms with Crippen LogP contribution in [0.4, 0.5) is 0 Å². The Balaban J connectivity index is 1.74. The predicted molar refractivity (Wildman–Crippen MR) is 84.1 cm³/mol. The normalized spacial score (nSPS) is 27.1. The molecule has 1 saturated carbocycles. The molecule has 2 aliphatic rings. The third kappa shape index (κ3) is 2.20. The van der Waals surface area contributed by atoms with Crippen LogP contribution in [0.5, 0.6) is 0 Å². The van der Waals surface area contributed by atoms with Crippen LogP contribution in [0.2, 0.25) is 0 Å². The van der Waals surface area contributed by atoms with Gasteiger partial charge in [0.2, 0.25) is 0 Å². The second-order valence-corrected chi connectivity index (χ2v) is 6.53. The fourth-order valence-electron chi connectivity index (χ4n) is 4.22. The van der Waals surface area contributed by atoms with Gasteiger partial charge in [-0.25, -0.2) is 4.79 Å². The van der Waals surface area contributed by atoms with E-state index in [-0.39, 0.29) is 11.9 Å². The molecule has 2 fully saturated rings. The highest BCUT2D eigenvalue weighted by Gasteiger charge is 2.48. The fraction of sp³-hybridized carbons (Fsp3) is 0.471. The topological polar surface area (TPSA) is 86.3 Å². The van der Waals surface area contributed by atoms with E-state index in [0.29, 0.717) is 18.0 Å². The first-order valence-corrected chi connectivity index (χ1v) is 8.15. The highest BCUT2D eigenvalue weighted by atomic mass is 16.4. The SMILES string of the molecule is O=C(O)[C@@H]1C[C@H]2CCCC[C@@H]2N1C(=O)c1n[nH]c2ccccc12. The molecule has 6 heteroatoms. The van der Waals surface area contributed by atoms with Crippen molar-refractivity contribution in [1.82, 2.24) is 15.1 Å². The minimum absolute atomic E-state index is 0.0350. The Hall–Kier alpha value is -2.37. The molecule has 4 rings (SSSR count). The number of carboxylic acid groups (broad SMARTS) is 1. The van der Waals surface area contributed by atoms with Gasteiger partial charge in [0.05, 0.1) is 5.52 Å². The van der Waals surface area contributed by atoms with E-state index in [1.165, 1.54) is 0 Å². The number of carbonyl (C=O) groups is 2. The van der Waals surface area contributed by atoms with E-state index >= 15 is 0 Å². The Labute approximate surface area is 133 Å². The van der Waals surface area contributed by atoms with Gasteiger partial charge in [-0.1, -0.05) is 31.0 Å². The van der Waals surface area contributed by atoms with Crippen LogP contribution in [0.3, 0.4) is 0 Å². The second-order valence-electron chi connectivity index (χ2n) is 6.53. The number of nitrogens with zero attached hydrogens (tertiary/aromatic N) is 2. The third-order valence-electron chi connectivity index (χ3n) is 5.28. The smallest absolute Gasteiger partial charge is 0.326 e. The van der Waals surface area contributed by atoms with E-state index in [1.807, 2.05) is 24.3 Å². The molecule has 23 heavy (non-hydrogen) atoms. The molecule has 1 aliphatic carbocycles. The van der Waals surface area contributed by atoms with Crippen molar-refractivity contribution < 1.29 is 14.7 Å². The standard InChI is InChI=1S/C17H19N3O3/c21-16(15-11-6-2-3-7-12(11)18-19-15)20-13-8-4-1-5-10(13)9-14(20)17(22)23/h2-3,6-7,10,13-14H,1,4-5,8-9H2,(H,18,19)(H,22,23)/t10-,13+,14+/m1/s1. The molecule has 3 atom stereocenters. The molecule has 1 aromatic carbocycles. The van der Waals surface area contributed by atoms with Crippen LogP contribution in [-0.2, 0) is 4.79 Å². The van der Waals surface area contributed by atoms with Crippen LogP contribution in [0.25, 0.3) is 10.9 Å². The summed E-state index contributed by atoms with van der Waals surface area (Å²) in [5.41, 5.74) is 1.13. The molecule has 0 unspecified atom stereocenters. The lowest BCUT2D eigenvalue weighted by Crippen LogP contribution is -2.46. The maximum atomic E-state index is 13.1. The number of fused-ring (bicyclic) bond motifs is 2. The average molecular weight is 313 g/mol. The molecule has 1 aliphatic heterocycles. The Morgan fingerprint density at radius 3 is 2.83 bits per heavy atom. The van der Waals surface area contributed by atoms with Crippen LogP contribution in [0.15, 0.2) is 24.3 Å². The number of hydrogen-bond donors (Lipinski definition) is 2. The first-order valence-electron chi connectivity index (χ1n) is 8.15. The van der Waals surface area contributed by atoms with Crippen molar-refractivity contribution in [2.24, 2.45) is 5.92 Å². The number of hydrogen-bond acceptors (Lipinski definition) is 3. The fourth-order valence-corrected chi connectivity index (χ4v) is 4.22. The number of benzene rings is 1. The Morgan fingerprint density at radius 2 is 2.00 bits per heavy atom. The summed E-state index contributed by atoms with van der Waals surface area (Å²) in [7, 11) is 0. The molecule has 1 saturated heterocycles. The molecule has 2 aromatic rings. The average Bonchev–Trinajstić information content (AvgIpc) is 3.16. The monoisotopic (exact) mass is 313 g/mol. The minimum Gasteiger partial charge on any atom is -0.480 e. The van der Waals surface area contributed by atoms with E-state index in [2.05, 4.69) is 10.2 Å². The van der Waals surface area contributed by atoms with Crippen molar-refractivity contribution in [3.05, 3.63) is 30.0 Å². The summed E-state index contributed by atoms with van der Waals surface area (Å²) in [6.07, 6.45) is 4.65. The molecule has 0 spiro atoms. The lowest BCUT2D eigenvalue weighted by atomic mass is 9.84. The lowest BCUT2D eigenvalue weighted by Gasteiger charge is -2.32. The second kappa shape index (κ2) is 5.37. The summed E-state index contributed by atoms with van der Waals surface area (Å²) in [6.45, 7) is 0. The number of aromatic nitrogens is 2. The zero-order valence-corrected chi connectivity index (χ0v) is 12.7. The Kier molecular flexibility index (Phi) is 3.32. The lowest BCUT2D eigenvalue weighted by molar-refractivity contribution is -0.141. The molecule has 2 heterocycles. The molecule has 120 valence electrons.